The summed E-state index contributed by atoms with van der Waals surface area (Å²) in [5, 5.41) is 9.65. The Morgan fingerprint density at radius 3 is 1.42 bits per heavy atom. The van der Waals surface area contributed by atoms with E-state index in [1.807, 2.05) is 57.6 Å². The van der Waals surface area contributed by atoms with Crippen LogP contribution in [0.1, 0.15) is 168 Å². The van der Waals surface area contributed by atoms with Gasteiger partial charge in [0.25, 0.3) is 0 Å². The number of carboxylic acids is 1. The molecule has 0 aliphatic rings. The molecule has 0 radical (unpaired) electrons. The predicted molar refractivity (Wildman–Crippen MR) is 275 cm³/mol. The van der Waals surface area contributed by atoms with Gasteiger partial charge in [-0.15, -0.1) is 0 Å². The number of esters is 2. The van der Waals surface area contributed by atoms with E-state index in [0.29, 0.717) is 19.3 Å². The van der Waals surface area contributed by atoms with Gasteiger partial charge < -0.3 is 23.8 Å². The molecule has 0 bridgehead atoms. The minimum atomic E-state index is -0.886. The van der Waals surface area contributed by atoms with Gasteiger partial charge in [-0.05, 0) is 77.0 Å². The van der Waals surface area contributed by atoms with E-state index in [4.69, 9.17) is 14.2 Å². The smallest absolute Gasteiger partial charge is 0.362 e. The lowest BCUT2D eigenvalue weighted by molar-refractivity contribution is -0.887. The lowest BCUT2D eigenvalue weighted by Gasteiger charge is -2.31. The summed E-state index contributed by atoms with van der Waals surface area (Å²) in [5.41, 5.74) is 0. The number of ether oxygens (including phenoxy) is 3. The van der Waals surface area contributed by atoms with Crippen molar-refractivity contribution >= 4 is 17.9 Å². The summed E-state index contributed by atoms with van der Waals surface area (Å²) in [7, 11) is 5.51. The van der Waals surface area contributed by atoms with Crippen LogP contribution in [0.2, 0.25) is 0 Å². The van der Waals surface area contributed by atoms with E-state index in [0.717, 1.165) is 109 Å². The van der Waals surface area contributed by atoms with Crippen molar-refractivity contribution in [3.63, 3.8) is 0 Å². The van der Waals surface area contributed by atoms with Gasteiger partial charge in [-0.2, -0.15) is 0 Å². The highest BCUT2D eigenvalue weighted by Gasteiger charge is 2.31. The van der Waals surface area contributed by atoms with Crippen molar-refractivity contribution in [3.05, 3.63) is 122 Å². The minimum Gasteiger partial charge on any atom is -0.477 e. The number of unbranched alkanes of at least 4 members (excludes halogenated alkanes) is 13. The number of hydrogen-bond acceptors (Lipinski definition) is 6. The molecule has 0 amide bonds. The van der Waals surface area contributed by atoms with Crippen LogP contribution in [0.4, 0.5) is 0 Å². The number of rotatable bonds is 43. The van der Waals surface area contributed by atoms with Gasteiger partial charge in [-0.25, -0.2) is 4.79 Å². The van der Waals surface area contributed by atoms with E-state index in [2.05, 4.69) is 98.9 Å². The second-order valence-electron chi connectivity index (χ2n) is 17.5. The standard InChI is InChI=1S/C57H91NO7/c1-6-8-10-12-14-16-18-20-22-24-26-27-28-29-30-32-34-36-38-40-42-44-46-48-56(60)65-53(51-63-50-49-54(57(61)62)58(3,4)5)52-64-55(59)47-45-43-41-39-37-35-33-31-25-23-21-19-17-15-13-11-9-7-2/h8,10-11,13-17,19-23,25-27,29-31,33,53-54H,6-7,9,12,18,24,28,32,34-52H2,1-5H3/p+1/b10-8+,13-11+,16-14+,17-15+,21-19+,22-20+,25-23+,27-26+,30-29+,33-31+. The first-order valence-corrected chi connectivity index (χ1v) is 25.1. The topological polar surface area (TPSA) is 99.1 Å². The quantitative estimate of drug-likeness (QED) is 0.0214. The number of quaternary nitrogens is 1. The molecule has 8 heteroatoms. The van der Waals surface area contributed by atoms with Crippen molar-refractivity contribution in [2.24, 2.45) is 0 Å². The van der Waals surface area contributed by atoms with Gasteiger partial charge in [0, 0.05) is 19.3 Å². The molecule has 366 valence electrons. The highest BCUT2D eigenvalue weighted by molar-refractivity contribution is 5.72. The summed E-state index contributed by atoms with van der Waals surface area (Å²) < 4.78 is 17.3. The highest BCUT2D eigenvalue weighted by Crippen LogP contribution is 2.13. The number of carbonyl (C=O) groups is 3. The summed E-state index contributed by atoms with van der Waals surface area (Å²) in [4.78, 5) is 37.2. The fourth-order valence-electron chi connectivity index (χ4n) is 6.62. The Bertz CT molecular complexity index is 1470. The van der Waals surface area contributed by atoms with Gasteiger partial charge in [0.1, 0.15) is 6.61 Å². The molecule has 0 fully saturated rings. The van der Waals surface area contributed by atoms with Crippen LogP contribution >= 0.6 is 0 Å². The third-order valence-electron chi connectivity index (χ3n) is 10.5. The second kappa shape index (κ2) is 46.3. The fraction of sp³-hybridized carbons (Fsp3) is 0.596. The molecule has 2 atom stereocenters. The van der Waals surface area contributed by atoms with Crippen molar-refractivity contribution in [1.29, 1.82) is 0 Å². The maximum absolute atomic E-state index is 12.8. The number of allylic oxidation sites excluding steroid dienone is 20. The van der Waals surface area contributed by atoms with Crippen molar-refractivity contribution < 1.29 is 38.2 Å². The molecule has 0 aliphatic heterocycles. The van der Waals surface area contributed by atoms with Crippen molar-refractivity contribution in [1.82, 2.24) is 0 Å². The van der Waals surface area contributed by atoms with E-state index in [-0.39, 0.29) is 36.2 Å². The molecule has 65 heavy (non-hydrogen) atoms. The molecule has 0 rings (SSSR count). The SMILES string of the molecule is CC/C=C/C/C=C/C/C=C/C/C=C/C/C=C/CCCCCCCCCC(=O)OC(COCCC(C(=O)O)[N+](C)(C)C)COC(=O)CCCCCCC/C=C/C=C/C=C/C=C/C=C/CCC. The van der Waals surface area contributed by atoms with Gasteiger partial charge in [0.2, 0.25) is 0 Å². The van der Waals surface area contributed by atoms with Crippen LogP contribution in [0.25, 0.3) is 0 Å². The van der Waals surface area contributed by atoms with Crippen LogP contribution in [0, 0.1) is 0 Å². The minimum absolute atomic E-state index is 0.0391. The molecule has 8 nitrogen and oxygen atoms in total. The molecule has 1 N–H and O–H groups in total. The lowest BCUT2D eigenvalue weighted by Crippen LogP contribution is -2.50. The molecule has 0 saturated carbocycles. The molecule has 0 aromatic carbocycles. The van der Waals surface area contributed by atoms with Crippen LogP contribution in [0.3, 0.4) is 0 Å². The van der Waals surface area contributed by atoms with E-state index in [1.165, 1.54) is 25.7 Å². The monoisotopic (exact) mass is 903 g/mol. The third kappa shape index (κ3) is 44.7. The van der Waals surface area contributed by atoms with Gasteiger partial charge in [-0.3, -0.25) is 9.59 Å². The molecule has 0 heterocycles. The van der Waals surface area contributed by atoms with E-state index in [1.54, 1.807) is 0 Å². The molecule has 0 saturated heterocycles. The summed E-state index contributed by atoms with van der Waals surface area (Å²) in [5.74, 6) is -1.53. The van der Waals surface area contributed by atoms with E-state index >= 15 is 0 Å². The number of likely N-dealkylation sites (N-methyl/N-ethyl adjacent to an activating group) is 1. The lowest BCUT2D eigenvalue weighted by atomic mass is 10.1. The molecular weight excluding hydrogens is 811 g/mol. The number of carbonyl (C=O) groups excluding carboxylic acids is 2. The number of carboxylic acid groups (broad SMARTS) is 1. The molecule has 0 spiro atoms. The normalized spacial score (nSPS) is 13.9. The van der Waals surface area contributed by atoms with Crippen LogP contribution < -0.4 is 0 Å². The Morgan fingerprint density at radius 1 is 0.492 bits per heavy atom. The zero-order valence-electron chi connectivity index (χ0n) is 41.6. The summed E-state index contributed by atoms with van der Waals surface area (Å²) in [6, 6.07) is -0.630. The van der Waals surface area contributed by atoms with Crippen molar-refractivity contribution in [2.75, 3.05) is 41.0 Å². The Hall–Kier alpha value is -4.27. The first kappa shape index (κ1) is 60.7. The molecule has 0 aliphatic carbocycles. The van der Waals surface area contributed by atoms with Gasteiger partial charge in [-0.1, -0.05) is 193 Å². The number of aliphatic carboxylic acids is 1. The zero-order chi connectivity index (χ0) is 47.7. The average molecular weight is 903 g/mol. The first-order valence-electron chi connectivity index (χ1n) is 25.1. The fourth-order valence-corrected chi connectivity index (χ4v) is 6.62. The van der Waals surface area contributed by atoms with Crippen LogP contribution in [0.5, 0.6) is 0 Å². The maximum atomic E-state index is 12.8. The summed E-state index contributed by atoms with van der Waals surface area (Å²) in [6.45, 7) is 4.48. The summed E-state index contributed by atoms with van der Waals surface area (Å²) in [6.07, 6.45) is 65.2. The molecule has 2 unspecified atom stereocenters. The van der Waals surface area contributed by atoms with Crippen LogP contribution in [-0.2, 0) is 28.6 Å². The zero-order valence-corrected chi connectivity index (χ0v) is 41.6. The predicted octanol–water partition coefficient (Wildman–Crippen LogP) is 14.6. The average Bonchev–Trinajstić information content (AvgIpc) is 3.27. The molecule has 0 aromatic rings. The Labute approximate surface area is 397 Å². The molecule has 0 aromatic heterocycles. The van der Waals surface area contributed by atoms with Crippen molar-refractivity contribution in [3.8, 4) is 0 Å². The second-order valence-corrected chi connectivity index (χ2v) is 17.5. The van der Waals surface area contributed by atoms with Gasteiger partial charge >= 0.3 is 17.9 Å². The molecular formula is C57H92NO7+. The number of hydrogen-bond donors (Lipinski definition) is 1. The number of nitrogens with zero attached hydrogens (tertiary/aromatic N) is 1. The summed E-state index contributed by atoms with van der Waals surface area (Å²) >= 11 is 0. The maximum Gasteiger partial charge on any atom is 0.362 e. The third-order valence-corrected chi connectivity index (χ3v) is 10.5. The van der Waals surface area contributed by atoms with Crippen LogP contribution in [0.15, 0.2) is 122 Å². The van der Waals surface area contributed by atoms with Crippen LogP contribution in [-0.4, -0.2) is 80.6 Å². The largest absolute Gasteiger partial charge is 0.477 e. The Kier molecular flexibility index (Phi) is 43.2. The van der Waals surface area contributed by atoms with Crippen molar-refractivity contribution in [2.45, 2.75) is 180 Å². The highest BCUT2D eigenvalue weighted by atomic mass is 16.6. The Balaban J connectivity index is 4.37. The van der Waals surface area contributed by atoms with E-state index in [9.17, 15) is 19.5 Å². The van der Waals surface area contributed by atoms with Gasteiger partial charge in [0.15, 0.2) is 12.1 Å². The first-order chi connectivity index (χ1) is 31.6. The van der Waals surface area contributed by atoms with E-state index < -0.39 is 18.1 Å². The van der Waals surface area contributed by atoms with Gasteiger partial charge in [0.05, 0.1) is 34.4 Å². The Morgan fingerprint density at radius 2 is 0.923 bits per heavy atom.